The van der Waals surface area contributed by atoms with Gasteiger partial charge in [-0.05, 0) is 35.9 Å². The number of imide groups is 2. The molecule has 0 atom stereocenters. The molecule has 0 aliphatic carbocycles. The van der Waals surface area contributed by atoms with Crippen molar-refractivity contribution in [2.45, 2.75) is 0 Å². The van der Waals surface area contributed by atoms with Crippen molar-refractivity contribution < 1.29 is 28.6 Å². The number of rotatable bonds is 5. The van der Waals surface area contributed by atoms with Crippen molar-refractivity contribution in [1.29, 1.82) is 0 Å². The zero-order chi connectivity index (χ0) is 20.3. The van der Waals surface area contributed by atoms with E-state index in [0.29, 0.717) is 22.8 Å². The predicted octanol–water partition coefficient (Wildman–Crippen LogP) is 2.38. The van der Waals surface area contributed by atoms with Gasteiger partial charge in [0, 0.05) is 6.07 Å². The van der Waals surface area contributed by atoms with Gasteiger partial charge < -0.3 is 14.2 Å². The van der Waals surface area contributed by atoms with E-state index in [2.05, 4.69) is 5.32 Å². The molecule has 1 heterocycles. The number of ether oxygens (including phenoxy) is 3. The summed E-state index contributed by atoms with van der Waals surface area (Å²) in [6, 6.07) is 10.5. The van der Waals surface area contributed by atoms with Crippen LogP contribution < -0.4 is 24.4 Å². The number of urea groups is 1. The summed E-state index contributed by atoms with van der Waals surface area (Å²) < 4.78 is 15.5. The lowest BCUT2D eigenvalue weighted by atomic mass is 10.1. The standard InChI is InChI=1S/C20H18N2O6/c1-26-14-6-4-5-13(11-14)22-19(24)15(18(23)21-20(22)25)9-12-7-8-16(27-2)17(10-12)28-3/h4-11H,1-3H3,(H,21,23,25)/b15-9-. The largest absolute Gasteiger partial charge is 0.497 e. The van der Waals surface area contributed by atoms with Crippen molar-refractivity contribution >= 4 is 29.6 Å². The van der Waals surface area contributed by atoms with E-state index in [9.17, 15) is 14.4 Å². The predicted molar refractivity (Wildman–Crippen MR) is 102 cm³/mol. The van der Waals surface area contributed by atoms with Crippen molar-refractivity contribution in [3.63, 3.8) is 0 Å². The highest BCUT2D eigenvalue weighted by molar-refractivity contribution is 6.39. The Morgan fingerprint density at radius 2 is 1.64 bits per heavy atom. The molecule has 0 unspecified atom stereocenters. The van der Waals surface area contributed by atoms with E-state index >= 15 is 0 Å². The third kappa shape index (κ3) is 3.52. The van der Waals surface area contributed by atoms with Crippen molar-refractivity contribution in [3.8, 4) is 17.2 Å². The van der Waals surface area contributed by atoms with Crippen LogP contribution in [0.15, 0.2) is 48.0 Å². The van der Waals surface area contributed by atoms with E-state index in [1.807, 2.05) is 0 Å². The van der Waals surface area contributed by atoms with Gasteiger partial charge in [-0.2, -0.15) is 0 Å². The monoisotopic (exact) mass is 382 g/mol. The van der Waals surface area contributed by atoms with Crippen LogP contribution in [-0.4, -0.2) is 39.2 Å². The molecule has 1 N–H and O–H groups in total. The van der Waals surface area contributed by atoms with Crippen LogP contribution in [0.25, 0.3) is 6.08 Å². The number of benzene rings is 2. The van der Waals surface area contributed by atoms with Gasteiger partial charge in [-0.25, -0.2) is 9.69 Å². The summed E-state index contributed by atoms with van der Waals surface area (Å²) in [4.78, 5) is 38.3. The Bertz CT molecular complexity index is 982. The number of methoxy groups -OCH3 is 3. The number of barbiturate groups is 1. The van der Waals surface area contributed by atoms with Crippen LogP contribution in [-0.2, 0) is 9.59 Å². The molecule has 1 saturated heterocycles. The molecular formula is C20H18N2O6. The first-order valence-corrected chi connectivity index (χ1v) is 8.26. The minimum absolute atomic E-state index is 0.186. The molecule has 4 amide bonds. The summed E-state index contributed by atoms with van der Waals surface area (Å²) in [5.41, 5.74) is 0.637. The maximum absolute atomic E-state index is 12.9. The summed E-state index contributed by atoms with van der Waals surface area (Å²) in [7, 11) is 4.46. The Labute approximate surface area is 161 Å². The van der Waals surface area contributed by atoms with E-state index in [-0.39, 0.29) is 11.3 Å². The Kier molecular flexibility index (Phi) is 5.30. The van der Waals surface area contributed by atoms with Gasteiger partial charge in [0.1, 0.15) is 11.3 Å². The van der Waals surface area contributed by atoms with Gasteiger partial charge in [0.2, 0.25) is 0 Å². The molecule has 2 aromatic rings. The van der Waals surface area contributed by atoms with Gasteiger partial charge in [-0.1, -0.05) is 12.1 Å². The van der Waals surface area contributed by atoms with Crippen LogP contribution in [0.1, 0.15) is 5.56 Å². The lowest BCUT2D eigenvalue weighted by molar-refractivity contribution is -0.122. The van der Waals surface area contributed by atoms with Crippen molar-refractivity contribution in [2.24, 2.45) is 0 Å². The fourth-order valence-corrected chi connectivity index (χ4v) is 2.75. The lowest BCUT2D eigenvalue weighted by Crippen LogP contribution is -2.54. The second-order valence-corrected chi connectivity index (χ2v) is 5.77. The summed E-state index contributed by atoms with van der Waals surface area (Å²) in [5, 5.41) is 2.18. The molecule has 1 fully saturated rings. The Morgan fingerprint density at radius 3 is 2.32 bits per heavy atom. The highest BCUT2D eigenvalue weighted by Crippen LogP contribution is 2.30. The topological polar surface area (TPSA) is 94.2 Å². The van der Waals surface area contributed by atoms with Crippen LogP contribution >= 0.6 is 0 Å². The molecule has 0 radical (unpaired) electrons. The van der Waals surface area contributed by atoms with Crippen molar-refractivity contribution in [3.05, 3.63) is 53.6 Å². The molecule has 2 aromatic carbocycles. The third-order valence-corrected chi connectivity index (χ3v) is 4.13. The first-order chi connectivity index (χ1) is 13.5. The fraction of sp³-hybridized carbons (Fsp3) is 0.150. The van der Waals surface area contributed by atoms with Crippen molar-refractivity contribution in [1.82, 2.24) is 5.32 Å². The highest BCUT2D eigenvalue weighted by Gasteiger charge is 2.37. The van der Waals surface area contributed by atoms with Crippen LogP contribution in [0.3, 0.4) is 0 Å². The van der Waals surface area contributed by atoms with Crippen LogP contribution in [0, 0.1) is 0 Å². The molecule has 0 saturated carbocycles. The second-order valence-electron chi connectivity index (χ2n) is 5.77. The zero-order valence-corrected chi connectivity index (χ0v) is 15.5. The van der Waals surface area contributed by atoms with E-state index in [4.69, 9.17) is 14.2 Å². The van der Waals surface area contributed by atoms with Crippen molar-refractivity contribution in [2.75, 3.05) is 26.2 Å². The zero-order valence-electron chi connectivity index (χ0n) is 15.5. The van der Waals surface area contributed by atoms with Crippen LogP contribution in [0.4, 0.5) is 10.5 Å². The van der Waals surface area contributed by atoms with Gasteiger partial charge >= 0.3 is 6.03 Å². The SMILES string of the molecule is COc1cccc(N2C(=O)NC(=O)/C(=C/c3ccc(OC)c(OC)c3)C2=O)c1. The molecule has 28 heavy (non-hydrogen) atoms. The number of nitrogens with zero attached hydrogens (tertiary/aromatic N) is 1. The summed E-state index contributed by atoms with van der Waals surface area (Å²) in [5.74, 6) is -0.0837. The molecule has 3 rings (SSSR count). The molecule has 8 nitrogen and oxygen atoms in total. The molecule has 1 aliphatic rings. The molecule has 0 spiro atoms. The summed E-state index contributed by atoms with van der Waals surface area (Å²) >= 11 is 0. The minimum atomic E-state index is -0.826. The average molecular weight is 382 g/mol. The van der Waals surface area contributed by atoms with E-state index in [0.717, 1.165) is 4.90 Å². The molecule has 0 bridgehead atoms. The van der Waals surface area contributed by atoms with Gasteiger partial charge in [-0.15, -0.1) is 0 Å². The molecule has 1 aliphatic heterocycles. The first kappa shape index (κ1) is 19.0. The van der Waals surface area contributed by atoms with Gasteiger partial charge in [0.05, 0.1) is 27.0 Å². The van der Waals surface area contributed by atoms with E-state index in [1.165, 1.54) is 33.5 Å². The number of carbonyl (C=O) groups is 3. The molecule has 8 heteroatoms. The average Bonchev–Trinajstić information content (AvgIpc) is 2.71. The lowest BCUT2D eigenvalue weighted by Gasteiger charge is -2.26. The van der Waals surface area contributed by atoms with Gasteiger partial charge in [0.15, 0.2) is 11.5 Å². The van der Waals surface area contributed by atoms with Crippen LogP contribution in [0.2, 0.25) is 0 Å². The number of carbonyl (C=O) groups excluding carboxylic acids is 3. The normalized spacial score (nSPS) is 15.5. The maximum atomic E-state index is 12.9. The molecular weight excluding hydrogens is 364 g/mol. The molecule has 144 valence electrons. The minimum Gasteiger partial charge on any atom is -0.497 e. The second kappa shape index (κ2) is 7.83. The fourth-order valence-electron chi connectivity index (χ4n) is 2.75. The Balaban J connectivity index is 2.01. The Morgan fingerprint density at radius 1 is 0.893 bits per heavy atom. The first-order valence-electron chi connectivity index (χ1n) is 8.26. The van der Waals surface area contributed by atoms with Gasteiger partial charge in [0.25, 0.3) is 11.8 Å². The van der Waals surface area contributed by atoms with E-state index < -0.39 is 17.8 Å². The quantitative estimate of drug-likeness (QED) is 0.630. The van der Waals surface area contributed by atoms with E-state index in [1.54, 1.807) is 36.4 Å². The maximum Gasteiger partial charge on any atom is 0.335 e. The number of hydrogen-bond acceptors (Lipinski definition) is 6. The number of nitrogens with one attached hydrogen (secondary N) is 1. The third-order valence-electron chi connectivity index (χ3n) is 4.13. The highest BCUT2D eigenvalue weighted by atomic mass is 16.5. The number of amides is 4. The summed E-state index contributed by atoms with van der Waals surface area (Å²) in [6.07, 6.45) is 1.39. The smallest absolute Gasteiger partial charge is 0.335 e. The number of hydrogen-bond donors (Lipinski definition) is 1. The van der Waals surface area contributed by atoms with Gasteiger partial charge in [-0.3, -0.25) is 14.9 Å². The van der Waals surface area contributed by atoms with Crippen LogP contribution in [0.5, 0.6) is 17.2 Å². The Hall–Kier alpha value is -3.81. The number of anilines is 1. The summed E-state index contributed by atoms with van der Waals surface area (Å²) in [6.45, 7) is 0. The molecule has 0 aromatic heterocycles.